The molecule has 1 heterocycles. The van der Waals surface area contributed by atoms with E-state index in [0.717, 1.165) is 29.7 Å². The topological polar surface area (TPSA) is 66.9 Å². The minimum atomic E-state index is -3.24. The largest absolute Gasteiger partial charge is 0.491 e. The summed E-state index contributed by atoms with van der Waals surface area (Å²) in [5.41, 5.74) is 1.86. The third-order valence-electron chi connectivity index (χ3n) is 4.97. The maximum Gasteiger partial charge on any atom is 0.225 e. The lowest BCUT2D eigenvalue weighted by molar-refractivity contribution is -0.137. The molecule has 144 valence electrons. The van der Waals surface area contributed by atoms with E-state index in [1.807, 2.05) is 43.9 Å². The molecule has 1 fully saturated rings. The van der Waals surface area contributed by atoms with Gasteiger partial charge in [-0.15, -0.1) is 0 Å². The van der Waals surface area contributed by atoms with Gasteiger partial charge in [0.2, 0.25) is 15.9 Å². The van der Waals surface area contributed by atoms with Crippen molar-refractivity contribution in [3.05, 3.63) is 29.3 Å². The van der Waals surface area contributed by atoms with Gasteiger partial charge in [-0.25, -0.2) is 8.42 Å². The molecule has 1 amide bonds. The van der Waals surface area contributed by atoms with E-state index in [9.17, 15) is 13.2 Å². The van der Waals surface area contributed by atoms with Crippen molar-refractivity contribution in [1.82, 2.24) is 9.21 Å². The Hall–Kier alpha value is -1.60. The van der Waals surface area contributed by atoms with Crippen LogP contribution in [0.3, 0.4) is 0 Å². The Bertz CT molecular complexity index is 787. The van der Waals surface area contributed by atoms with Crippen LogP contribution in [0.1, 0.15) is 44.7 Å². The molecule has 0 N–H and O–H groups in total. The van der Waals surface area contributed by atoms with E-state index in [4.69, 9.17) is 4.74 Å². The van der Waals surface area contributed by atoms with Crippen LogP contribution in [0.15, 0.2) is 18.2 Å². The van der Waals surface area contributed by atoms with Gasteiger partial charge in [0.05, 0.1) is 12.3 Å². The van der Waals surface area contributed by atoms with Crippen molar-refractivity contribution in [1.29, 1.82) is 0 Å². The van der Waals surface area contributed by atoms with E-state index in [-0.39, 0.29) is 23.9 Å². The first-order valence-electron chi connectivity index (χ1n) is 9.18. The molecule has 6 nitrogen and oxygen atoms in total. The number of benzene rings is 1. The van der Waals surface area contributed by atoms with Crippen LogP contribution < -0.4 is 4.74 Å². The molecule has 0 spiro atoms. The number of hydrogen-bond acceptors (Lipinski definition) is 4. The summed E-state index contributed by atoms with van der Waals surface area (Å²) in [6.45, 7) is 7.11. The lowest BCUT2D eigenvalue weighted by atomic mass is 10.1. The summed E-state index contributed by atoms with van der Waals surface area (Å²) in [5.74, 6) is 0.810. The van der Waals surface area contributed by atoms with Crippen molar-refractivity contribution in [3.8, 4) is 5.75 Å². The second-order valence-electron chi connectivity index (χ2n) is 7.76. The molecule has 0 bridgehead atoms. The second-order valence-corrected chi connectivity index (χ2v) is 9.70. The third kappa shape index (κ3) is 4.20. The first kappa shape index (κ1) is 19.2. The van der Waals surface area contributed by atoms with Gasteiger partial charge in [0.1, 0.15) is 12.4 Å². The Labute approximate surface area is 156 Å². The van der Waals surface area contributed by atoms with Gasteiger partial charge in [0.15, 0.2) is 0 Å². The molecule has 1 saturated carbocycles. The molecular weight excluding hydrogens is 352 g/mol. The molecule has 0 radical (unpaired) electrons. The summed E-state index contributed by atoms with van der Waals surface area (Å²) >= 11 is 0. The molecule has 3 rings (SSSR count). The van der Waals surface area contributed by atoms with E-state index < -0.39 is 10.0 Å². The SMILES string of the molecule is CC(C)C(=O)N1Cc2cc(CN(C3CC3)S(C)(=O)=O)ccc2OC[C@@H]1C. The fourth-order valence-electron chi connectivity index (χ4n) is 3.32. The molecule has 7 heteroatoms. The maximum atomic E-state index is 12.5. The van der Waals surface area contributed by atoms with Crippen molar-refractivity contribution in [3.63, 3.8) is 0 Å². The zero-order chi connectivity index (χ0) is 19.1. The van der Waals surface area contributed by atoms with Crippen LogP contribution in [-0.4, -0.2) is 48.5 Å². The Kier molecular flexibility index (Phi) is 5.30. The molecule has 1 aromatic rings. The van der Waals surface area contributed by atoms with E-state index in [1.165, 1.54) is 6.26 Å². The highest BCUT2D eigenvalue weighted by atomic mass is 32.2. The Morgan fingerprint density at radius 2 is 2.04 bits per heavy atom. The first-order chi connectivity index (χ1) is 12.2. The highest BCUT2D eigenvalue weighted by Crippen LogP contribution is 2.32. The van der Waals surface area contributed by atoms with Crippen LogP contribution in [0.2, 0.25) is 0 Å². The Balaban J connectivity index is 1.85. The number of sulfonamides is 1. The van der Waals surface area contributed by atoms with Crippen LogP contribution in [0.4, 0.5) is 0 Å². The van der Waals surface area contributed by atoms with Crippen LogP contribution in [-0.2, 0) is 27.9 Å². The van der Waals surface area contributed by atoms with Gasteiger partial charge in [0, 0.05) is 30.6 Å². The van der Waals surface area contributed by atoms with E-state index in [0.29, 0.717) is 19.7 Å². The van der Waals surface area contributed by atoms with Crippen LogP contribution >= 0.6 is 0 Å². The smallest absolute Gasteiger partial charge is 0.225 e. The molecule has 0 aromatic heterocycles. The number of carbonyl (C=O) groups excluding carboxylic acids is 1. The third-order valence-corrected chi connectivity index (χ3v) is 6.25. The van der Waals surface area contributed by atoms with Crippen LogP contribution in [0.5, 0.6) is 5.75 Å². The number of rotatable bonds is 5. The molecular formula is C19H28N2O4S. The average molecular weight is 381 g/mol. The first-order valence-corrected chi connectivity index (χ1v) is 11.0. The van der Waals surface area contributed by atoms with Crippen molar-refractivity contribution >= 4 is 15.9 Å². The summed E-state index contributed by atoms with van der Waals surface area (Å²) < 4.78 is 31.6. The van der Waals surface area contributed by atoms with Crippen LogP contribution in [0.25, 0.3) is 0 Å². The number of fused-ring (bicyclic) bond motifs is 1. The van der Waals surface area contributed by atoms with Gasteiger partial charge >= 0.3 is 0 Å². The minimum Gasteiger partial charge on any atom is -0.491 e. The van der Waals surface area contributed by atoms with E-state index in [1.54, 1.807) is 4.31 Å². The highest BCUT2D eigenvalue weighted by Gasteiger charge is 2.35. The number of nitrogens with zero attached hydrogens (tertiary/aromatic N) is 2. The highest BCUT2D eigenvalue weighted by molar-refractivity contribution is 7.88. The average Bonchev–Trinajstić information content (AvgIpc) is 3.39. The molecule has 0 saturated heterocycles. The molecule has 26 heavy (non-hydrogen) atoms. The predicted octanol–water partition coefficient (Wildman–Crippen LogP) is 2.38. The minimum absolute atomic E-state index is 0.000248. The standard InChI is InChI=1S/C19H28N2O4S/c1-13(2)19(22)20-11-16-9-15(5-8-18(16)25-12-14(20)3)10-21(17-6-7-17)26(4,23)24/h5,8-9,13-14,17H,6-7,10-12H2,1-4H3/t14-/m0/s1. The van der Waals surface area contributed by atoms with Crippen molar-refractivity contribution in [2.24, 2.45) is 5.92 Å². The van der Waals surface area contributed by atoms with E-state index in [2.05, 4.69) is 0 Å². The van der Waals surface area contributed by atoms with Crippen molar-refractivity contribution < 1.29 is 17.9 Å². The number of amides is 1. The summed E-state index contributed by atoms with van der Waals surface area (Å²) in [6, 6.07) is 5.92. The van der Waals surface area contributed by atoms with Gasteiger partial charge in [-0.05, 0) is 37.5 Å². The second kappa shape index (κ2) is 7.19. The van der Waals surface area contributed by atoms with Gasteiger partial charge in [-0.3, -0.25) is 4.79 Å². The summed E-state index contributed by atoms with van der Waals surface area (Å²) in [4.78, 5) is 14.4. The molecule has 1 aromatic carbocycles. The molecule has 1 atom stereocenters. The van der Waals surface area contributed by atoms with Gasteiger partial charge in [0.25, 0.3) is 0 Å². The number of hydrogen-bond donors (Lipinski definition) is 0. The lowest BCUT2D eigenvalue weighted by Gasteiger charge is -2.28. The molecule has 2 aliphatic rings. The van der Waals surface area contributed by atoms with Gasteiger partial charge < -0.3 is 9.64 Å². The Morgan fingerprint density at radius 3 is 2.62 bits per heavy atom. The van der Waals surface area contributed by atoms with E-state index >= 15 is 0 Å². The number of carbonyl (C=O) groups is 1. The predicted molar refractivity (Wildman–Crippen MR) is 100 cm³/mol. The maximum absolute atomic E-state index is 12.5. The molecule has 1 aliphatic heterocycles. The molecule has 1 aliphatic carbocycles. The van der Waals surface area contributed by atoms with Crippen molar-refractivity contribution in [2.75, 3.05) is 12.9 Å². The summed E-state index contributed by atoms with van der Waals surface area (Å²) in [6.07, 6.45) is 3.12. The summed E-state index contributed by atoms with van der Waals surface area (Å²) in [7, 11) is -3.24. The fraction of sp³-hybridized carbons (Fsp3) is 0.632. The zero-order valence-electron chi connectivity index (χ0n) is 15.9. The monoisotopic (exact) mass is 380 g/mol. The zero-order valence-corrected chi connectivity index (χ0v) is 16.8. The van der Waals surface area contributed by atoms with Gasteiger partial charge in [-0.2, -0.15) is 4.31 Å². The quantitative estimate of drug-likeness (QED) is 0.787. The van der Waals surface area contributed by atoms with Gasteiger partial charge in [-0.1, -0.05) is 19.9 Å². The lowest BCUT2D eigenvalue weighted by Crippen LogP contribution is -2.41. The molecule has 0 unspecified atom stereocenters. The Morgan fingerprint density at radius 1 is 1.35 bits per heavy atom. The van der Waals surface area contributed by atoms with Crippen molar-refractivity contribution in [2.45, 2.75) is 58.8 Å². The number of ether oxygens (including phenoxy) is 1. The van der Waals surface area contributed by atoms with Crippen LogP contribution in [0, 0.1) is 5.92 Å². The summed E-state index contributed by atoms with van der Waals surface area (Å²) in [5, 5.41) is 0. The normalized spacial score (nSPS) is 20.7. The fourth-order valence-corrected chi connectivity index (χ4v) is 4.46.